The van der Waals surface area contributed by atoms with E-state index < -0.39 is 12.1 Å². The Morgan fingerprint density at radius 3 is 2.54 bits per heavy atom. The van der Waals surface area contributed by atoms with Crippen molar-refractivity contribution in [2.45, 2.75) is 13.0 Å². The molecule has 0 aliphatic heterocycles. The van der Waals surface area contributed by atoms with Gasteiger partial charge in [-0.3, -0.25) is 0 Å². The molecule has 26 heavy (non-hydrogen) atoms. The molecule has 1 heterocycles. The average Bonchev–Trinajstić information content (AvgIpc) is 3.16. The third-order valence-corrected chi connectivity index (χ3v) is 3.94. The Hall–Kier alpha value is -2.57. The van der Waals surface area contributed by atoms with Gasteiger partial charge in [-0.25, -0.2) is 4.79 Å². The molecule has 2 aromatic carbocycles. The van der Waals surface area contributed by atoms with Crippen LogP contribution in [0.1, 0.15) is 18.6 Å². The van der Waals surface area contributed by atoms with Gasteiger partial charge in [-0.1, -0.05) is 35.3 Å². The van der Waals surface area contributed by atoms with Gasteiger partial charge < -0.3 is 13.9 Å². The minimum absolute atomic E-state index is 0.223. The highest BCUT2D eigenvalue weighted by atomic mass is 35.5. The molecule has 1 atom stereocenters. The van der Waals surface area contributed by atoms with Crippen LogP contribution in [0, 0.1) is 0 Å². The molecule has 1 unspecified atom stereocenters. The van der Waals surface area contributed by atoms with E-state index in [4.69, 9.17) is 37.1 Å². The second-order valence-electron chi connectivity index (χ2n) is 5.19. The third kappa shape index (κ3) is 4.15. The summed E-state index contributed by atoms with van der Waals surface area (Å²) in [4.78, 5) is 12.4. The van der Waals surface area contributed by atoms with Gasteiger partial charge in [-0.2, -0.15) is 0 Å². The summed E-state index contributed by atoms with van der Waals surface area (Å²) < 4.78 is 16.3. The van der Waals surface area contributed by atoms with E-state index in [2.05, 4.69) is 10.2 Å². The van der Waals surface area contributed by atoms with Crippen molar-refractivity contribution in [3.8, 4) is 17.2 Å². The molecule has 0 radical (unpaired) electrons. The summed E-state index contributed by atoms with van der Waals surface area (Å²) in [5.74, 6) is 0.0501. The van der Waals surface area contributed by atoms with Gasteiger partial charge in [0.1, 0.15) is 5.75 Å². The second kappa shape index (κ2) is 8.21. The van der Waals surface area contributed by atoms with E-state index in [1.807, 2.05) is 0 Å². The number of ether oxygens (including phenoxy) is 2. The van der Waals surface area contributed by atoms with Crippen molar-refractivity contribution in [3.63, 3.8) is 0 Å². The molecule has 0 aliphatic carbocycles. The molecule has 134 valence electrons. The van der Waals surface area contributed by atoms with Crippen molar-refractivity contribution in [3.05, 3.63) is 64.5 Å². The summed E-state index contributed by atoms with van der Waals surface area (Å²) in [6.45, 7) is 1.95. The van der Waals surface area contributed by atoms with E-state index in [1.54, 1.807) is 49.4 Å². The number of esters is 1. The highest BCUT2D eigenvalue weighted by Gasteiger charge is 2.26. The molecule has 6 nitrogen and oxygen atoms in total. The van der Waals surface area contributed by atoms with Crippen LogP contribution in [0.25, 0.3) is 11.5 Å². The Morgan fingerprint density at radius 1 is 1.15 bits per heavy atom. The Morgan fingerprint density at radius 2 is 1.88 bits per heavy atom. The fourth-order valence-corrected chi connectivity index (χ4v) is 2.60. The lowest BCUT2D eigenvalue weighted by atomic mass is 10.1. The lowest BCUT2D eigenvalue weighted by molar-refractivity contribution is -0.151. The SMILES string of the molecule is CCOC(=O)C(Oc1ccc(Cl)cc1-c1nnco1)c1ccc(Cl)cc1. The normalized spacial score (nSPS) is 11.8. The van der Waals surface area contributed by atoms with Crippen molar-refractivity contribution in [1.82, 2.24) is 10.2 Å². The van der Waals surface area contributed by atoms with Crippen LogP contribution in [0.5, 0.6) is 5.75 Å². The molecule has 0 spiro atoms. The van der Waals surface area contributed by atoms with E-state index >= 15 is 0 Å². The smallest absolute Gasteiger partial charge is 0.352 e. The monoisotopic (exact) mass is 392 g/mol. The maximum absolute atomic E-state index is 12.4. The predicted octanol–water partition coefficient (Wildman–Crippen LogP) is 4.73. The van der Waals surface area contributed by atoms with E-state index in [1.165, 1.54) is 6.39 Å². The van der Waals surface area contributed by atoms with Gasteiger partial charge in [0.15, 0.2) is 0 Å². The van der Waals surface area contributed by atoms with Crippen LogP contribution in [0.4, 0.5) is 0 Å². The summed E-state index contributed by atoms with van der Waals surface area (Å²) in [6, 6.07) is 11.6. The molecule has 0 fully saturated rings. The van der Waals surface area contributed by atoms with Gasteiger partial charge in [-0.05, 0) is 37.3 Å². The zero-order valence-corrected chi connectivity index (χ0v) is 15.2. The molecule has 0 amide bonds. The van der Waals surface area contributed by atoms with Crippen molar-refractivity contribution < 1.29 is 18.7 Å². The van der Waals surface area contributed by atoms with Crippen LogP contribution in [0.15, 0.2) is 53.3 Å². The predicted molar refractivity (Wildman–Crippen MR) is 96.2 cm³/mol. The van der Waals surface area contributed by atoms with Gasteiger partial charge in [0.2, 0.25) is 12.5 Å². The number of hydrogen-bond acceptors (Lipinski definition) is 6. The fourth-order valence-electron chi connectivity index (χ4n) is 2.30. The summed E-state index contributed by atoms with van der Waals surface area (Å²) in [5.41, 5.74) is 1.07. The van der Waals surface area contributed by atoms with Crippen molar-refractivity contribution in [2.24, 2.45) is 0 Å². The molecule has 8 heteroatoms. The summed E-state index contributed by atoms with van der Waals surface area (Å²) >= 11 is 12.0. The van der Waals surface area contributed by atoms with Crippen LogP contribution in [0.3, 0.4) is 0 Å². The molecule has 0 saturated carbocycles. The zero-order chi connectivity index (χ0) is 18.5. The van der Waals surface area contributed by atoms with E-state index in [0.29, 0.717) is 26.9 Å². The van der Waals surface area contributed by atoms with Crippen LogP contribution in [-0.4, -0.2) is 22.8 Å². The van der Waals surface area contributed by atoms with Gasteiger partial charge in [0.05, 0.1) is 12.2 Å². The number of carbonyl (C=O) groups is 1. The lowest BCUT2D eigenvalue weighted by Gasteiger charge is -2.19. The molecule has 3 rings (SSSR count). The molecule has 0 bridgehead atoms. The first-order chi connectivity index (χ1) is 12.6. The van der Waals surface area contributed by atoms with Crippen LogP contribution >= 0.6 is 23.2 Å². The number of aromatic nitrogens is 2. The molecule has 0 N–H and O–H groups in total. The Labute approximate surface area is 159 Å². The Balaban J connectivity index is 1.99. The van der Waals surface area contributed by atoms with Gasteiger partial charge in [0, 0.05) is 15.6 Å². The van der Waals surface area contributed by atoms with Crippen molar-refractivity contribution >= 4 is 29.2 Å². The highest BCUT2D eigenvalue weighted by Crippen LogP contribution is 2.35. The van der Waals surface area contributed by atoms with E-state index in [9.17, 15) is 4.79 Å². The van der Waals surface area contributed by atoms with Crippen molar-refractivity contribution in [1.29, 1.82) is 0 Å². The number of halogens is 2. The fraction of sp³-hybridized carbons (Fsp3) is 0.167. The first kappa shape index (κ1) is 18.2. The number of nitrogens with zero attached hydrogens (tertiary/aromatic N) is 2. The molecule has 0 aliphatic rings. The highest BCUT2D eigenvalue weighted by molar-refractivity contribution is 6.31. The lowest BCUT2D eigenvalue weighted by Crippen LogP contribution is -2.21. The Bertz CT molecular complexity index is 883. The van der Waals surface area contributed by atoms with E-state index in [0.717, 1.165) is 0 Å². The maximum Gasteiger partial charge on any atom is 0.352 e. The maximum atomic E-state index is 12.4. The van der Waals surface area contributed by atoms with Crippen LogP contribution < -0.4 is 4.74 Å². The third-order valence-electron chi connectivity index (χ3n) is 3.45. The summed E-state index contributed by atoms with van der Waals surface area (Å²) in [5, 5.41) is 8.54. The standard InChI is InChI=1S/C18H14Cl2N2O4/c1-2-24-18(23)16(11-3-5-12(19)6-4-11)26-15-8-7-13(20)9-14(15)17-22-21-10-25-17/h3-10,16H,2H2,1H3. The minimum Gasteiger partial charge on any atom is -0.473 e. The summed E-state index contributed by atoms with van der Waals surface area (Å²) in [7, 11) is 0. The molecule has 1 aromatic heterocycles. The van der Waals surface area contributed by atoms with E-state index in [-0.39, 0.29) is 12.5 Å². The summed E-state index contributed by atoms with van der Waals surface area (Å²) in [6.07, 6.45) is 0.206. The quantitative estimate of drug-likeness (QED) is 0.564. The van der Waals surface area contributed by atoms with Crippen molar-refractivity contribution in [2.75, 3.05) is 6.61 Å². The average molecular weight is 393 g/mol. The molecule has 3 aromatic rings. The number of hydrogen-bond donors (Lipinski definition) is 0. The molecular weight excluding hydrogens is 379 g/mol. The van der Waals surface area contributed by atoms with Crippen LogP contribution in [0.2, 0.25) is 10.0 Å². The number of carbonyl (C=O) groups excluding carboxylic acids is 1. The van der Waals surface area contributed by atoms with Gasteiger partial charge in [0.25, 0.3) is 5.89 Å². The number of rotatable bonds is 6. The molecule has 0 saturated heterocycles. The van der Waals surface area contributed by atoms with Gasteiger partial charge in [-0.15, -0.1) is 10.2 Å². The topological polar surface area (TPSA) is 74.5 Å². The van der Waals surface area contributed by atoms with Gasteiger partial charge >= 0.3 is 5.97 Å². The van der Waals surface area contributed by atoms with Crippen LogP contribution in [-0.2, 0) is 9.53 Å². The zero-order valence-electron chi connectivity index (χ0n) is 13.7. The largest absolute Gasteiger partial charge is 0.473 e. The Kier molecular flexibility index (Phi) is 5.75. The number of benzene rings is 2. The second-order valence-corrected chi connectivity index (χ2v) is 6.06. The molecular formula is C18H14Cl2N2O4. The minimum atomic E-state index is -0.991. The first-order valence-corrected chi connectivity index (χ1v) is 8.49. The first-order valence-electron chi connectivity index (χ1n) is 7.73.